The van der Waals surface area contributed by atoms with E-state index in [0.29, 0.717) is 37.5 Å². The lowest BCUT2D eigenvalue weighted by atomic mass is 9.78. The third-order valence-electron chi connectivity index (χ3n) is 8.40. The molecule has 1 aromatic heterocycles. The minimum atomic E-state index is -1.16. The largest absolute Gasteiger partial charge is 0.477 e. The Balaban J connectivity index is 1.22. The molecule has 1 aromatic rings. The number of amides is 3. The second-order valence-electron chi connectivity index (χ2n) is 10.8. The molecule has 0 aromatic carbocycles. The number of aliphatic carboxylic acids is 1. The number of hydrogen-bond acceptors (Lipinski definition) is 11. The Morgan fingerprint density at radius 2 is 2.12 bits per heavy atom. The molecule has 0 radical (unpaired) electrons. The number of ether oxygens (including phenoxy) is 1. The Hall–Kier alpha value is -3.08. The van der Waals surface area contributed by atoms with Gasteiger partial charge >= 0.3 is 5.97 Å². The Bertz CT molecular complexity index is 1180. The van der Waals surface area contributed by atoms with Crippen molar-refractivity contribution >= 4 is 35.5 Å². The third-order valence-corrected chi connectivity index (χ3v) is 9.91. The van der Waals surface area contributed by atoms with E-state index in [9.17, 15) is 24.3 Å². The van der Waals surface area contributed by atoms with Gasteiger partial charge in [-0.1, -0.05) is 6.92 Å². The molecular weight excluding hydrogens is 542 g/mol. The number of nitrogens with two attached hydrogens (primary N) is 1. The Morgan fingerprint density at radius 1 is 1.35 bits per heavy atom. The van der Waals surface area contributed by atoms with Crippen LogP contribution in [0.25, 0.3) is 0 Å². The van der Waals surface area contributed by atoms with Crippen molar-refractivity contribution in [2.75, 3.05) is 33.3 Å². The van der Waals surface area contributed by atoms with Crippen molar-refractivity contribution in [3.05, 3.63) is 16.9 Å². The Labute approximate surface area is 235 Å². The topological polar surface area (TPSA) is 198 Å². The molecule has 3 unspecified atom stereocenters. The van der Waals surface area contributed by atoms with Crippen LogP contribution in [0.4, 0.5) is 0 Å². The lowest BCUT2D eigenvalue weighted by Crippen LogP contribution is -2.66. The zero-order valence-corrected chi connectivity index (χ0v) is 23.4. The van der Waals surface area contributed by atoms with Gasteiger partial charge in [0.05, 0.1) is 24.1 Å². The summed E-state index contributed by atoms with van der Waals surface area (Å²) in [5.74, 6) is -2.53. The number of carboxylic acids is 1. The van der Waals surface area contributed by atoms with Crippen molar-refractivity contribution in [1.29, 1.82) is 0 Å². The first-order valence-corrected chi connectivity index (χ1v) is 14.2. The Kier molecular flexibility index (Phi) is 8.13. The fourth-order valence-electron chi connectivity index (χ4n) is 6.38. The molecule has 0 bridgehead atoms. The van der Waals surface area contributed by atoms with Gasteiger partial charge in [0.1, 0.15) is 18.6 Å². The number of fused-ring (bicyclic) bond motifs is 1. The number of likely N-dealkylation sites (tertiary alicyclic amines) is 1. The van der Waals surface area contributed by atoms with E-state index in [1.54, 1.807) is 18.9 Å². The highest BCUT2D eigenvalue weighted by molar-refractivity contribution is 8.03. The molecule has 5 N–H and O–H groups in total. The summed E-state index contributed by atoms with van der Waals surface area (Å²) in [5.41, 5.74) is 5.85. The van der Waals surface area contributed by atoms with Gasteiger partial charge in [-0.2, -0.15) is 0 Å². The van der Waals surface area contributed by atoms with Crippen molar-refractivity contribution in [3.8, 4) is 0 Å². The number of methoxy groups -OCH3 is 1. The summed E-state index contributed by atoms with van der Waals surface area (Å²) >= 11 is 1.43. The molecule has 4 aliphatic heterocycles. The molecule has 218 valence electrons. The molecule has 8 atom stereocenters. The smallest absolute Gasteiger partial charge is 0.353 e. The number of rotatable bonds is 10. The lowest BCUT2D eigenvalue weighted by Gasteiger charge is -2.47. The van der Waals surface area contributed by atoms with Crippen LogP contribution in [-0.2, 0) is 30.5 Å². The molecule has 16 heteroatoms. The van der Waals surface area contributed by atoms with Gasteiger partial charge in [0.25, 0.3) is 0 Å². The predicted octanol–water partition coefficient (Wildman–Crippen LogP) is -2.15. The van der Waals surface area contributed by atoms with Crippen molar-refractivity contribution in [3.63, 3.8) is 0 Å². The van der Waals surface area contributed by atoms with Crippen LogP contribution in [0.2, 0.25) is 0 Å². The number of nitrogens with zero attached hydrogens (tertiary/aromatic N) is 6. The van der Waals surface area contributed by atoms with E-state index >= 15 is 0 Å². The van der Waals surface area contributed by atoms with E-state index in [-0.39, 0.29) is 65.2 Å². The molecule has 5 rings (SSSR count). The summed E-state index contributed by atoms with van der Waals surface area (Å²) in [5, 5.41) is 26.8. The SMILES string of the molecule is COC1CN(C(=O)C2C[C@H](SC3=C(C(=O)O)N4C(=O)[C@H]([C@@H](C)NC(=O)Cn5cnnn5)[C@H]4[C@H]3C)CN2)CC1CN. The van der Waals surface area contributed by atoms with Gasteiger partial charge in [0.2, 0.25) is 17.7 Å². The number of aromatic nitrogens is 4. The first-order valence-electron chi connectivity index (χ1n) is 13.4. The van der Waals surface area contributed by atoms with Gasteiger partial charge in [-0.05, 0) is 30.3 Å². The fraction of sp³-hybridized carbons (Fsp3) is 0.708. The van der Waals surface area contributed by atoms with E-state index in [0.717, 1.165) is 0 Å². The van der Waals surface area contributed by atoms with Crippen LogP contribution in [0.15, 0.2) is 16.9 Å². The summed E-state index contributed by atoms with van der Waals surface area (Å²) in [6, 6.07) is -1.26. The maximum absolute atomic E-state index is 13.2. The molecule has 0 spiro atoms. The van der Waals surface area contributed by atoms with Crippen LogP contribution in [0.1, 0.15) is 20.3 Å². The Morgan fingerprint density at radius 3 is 2.75 bits per heavy atom. The van der Waals surface area contributed by atoms with Crippen LogP contribution >= 0.6 is 11.8 Å². The van der Waals surface area contributed by atoms with Crippen molar-refractivity contribution < 1.29 is 29.0 Å². The van der Waals surface area contributed by atoms with E-state index < -0.39 is 17.9 Å². The normalized spacial score (nSPS) is 32.3. The van der Waals surface area contributed by atoms with Gasteiger partial charge in [-0.15, -0.1) is 16.9 Å². The van der Waals surface area contributed by atoms with Crippen LogP contribution in [0, 0.1) is 17.8 Å². The molecule has 3 fully saturated rings. The first-order chi connectivity index (χ1) is 19.1. The summed E-state index contributed by atoms with van der Waals surface area (Å²) in [6.45, 7) is 5.61. The minimum Gasteiger partial charge on any atom is -0.477 e. The number of hydrogen-bond donors (Lipinski definition) is 4. The molecule has 15 nitrogen and oxygen atoms in total. The minimum absolute atomic E-state index is 0.000917. The summed E-state index contributed by atoms with van der Waals surface area (Å²) in [7, 11) is 1.63. The number of carbonyl (C=O) groups excluding carboxylic acids is 3. The van der Waals surface area contributed by atoms with Gasteiger partial charge in [-0.3, -0.25) is 14.4 Å². The van der Waals surface area contributed by atoms with Crippen LogP contribution in [0.5, 0.6) is 0 Å². The first kappa shape index (κ1) is 28.4. The second kappa shape index (κ2) is 11.4. The highest BCUT2D eigenvalue weighted by atomic mass is 32.2. The van der Waals surface area contributed by atoms with Crippen LogP contribution in [0.3, 0.4) is 0 Å². The quantitative estimate of drug-likeness (QED) is 0.220. The number of carbonyl (C=O) groups is 4. The number of nitrogens with one attached hydrogen (secondary N) is 2. The summed E-state index contributed by atoms with van der Waals surface area (Å²) < 4.78 is 6.77. The van der Waals surface area contributed by atoms with Gasteiger partial charge < -0.3 is 36.0 Å². The molecule has 0 aliphatic carbocycles. The maximum atomic E-state index is 13.2. The average Bonchev–Trinajstić information content (AvgIpc) is 3.71. The second-order valence-corrected chi connectivity index (χ2v) is 12.2. The highest BCUT2D eigenvalue weighted by Gasteiger charge is 2.60. The molecular formula is C24H35N9O6S. The maximum Gasteiger partial charge on any atom is 0.353 e. The van der Waals surface area contributed by atoms with Crippen molar-refractivity contribution in [2.24, 2.45) is 23.5 Å². The number of tetrazole rings is 1. The van der Waals surface area contributed by atoms with E-state index in [1.807, 2.05) is 6.92 Å². The fourth-order valence-corrected chi connectivity index (χ4v) is 7.86. The van der Waals surface area contributed by atoms with E-state index in [4.69, 9.17) is 10.5 Å². The van der Waals surface area contributed by atoms with Crippen molar-refractivity contribution in [1.82, 2.24) is 40.6 Å². The molecule has 0 saturated carbocycles. The monoisotopic (exact) mass is 577 g/mol. The standard InChI is InChI=1S/C24H35N9O6S/c1-11-19-18(12(2)28-17(34)9-32-10-27-29-30-32)23(36)33(19)20(24(37)38)21(11)40-14-4-15(26-6-14)22(35)31-7-13(5-25)16(8-31)39-3/h10-16,18-19,26H,4-9,25H2,1-3H3,(H,28,34)(H,37,38)/t11-,12-,13?,14+,15?,16?,18-,19-/m1/s1. The summed E-state index contributed by atoms with van der Waals surface area (Å²) in [6.07, 6.45) is 1.78. The number of thioether (sulfide) groups is 1. The molecule has 40 heavy (non-hydrogen) atoms. The lowest BCUT2D eigenvalue weighted by molar-refractivity contribution is -0.158. The van der Waals surface area contributed by atoms with E-state index in [2.05, 4.69) is 26.2 Å². The van der Waals surface area contributed by atoms with Gasteiger partial charge in [-0.25, -0.2) is 9.48 Å². The summed E-state index contributed by atoms with van der Waals surface area (Å²) in [4.78, 5) is 54.9. The average molecular weight is 578 g/mol. The van der Waals surface area contributed by atoms with Crippen molar-refractivity contribution in [2.45, 2.75) is 56.3 Å². The number of carboxylic acid groups (broad SMARTS) is 1. The number of β-lactam (4-membered cyclic amide) rings is 1. The van der Waals surface area contributed by atoms with Gasteiger partial charge in [0, 0.05) is 54.8 Å². The third kappa shape index (κ3) is 5.08. The van der Waals surface area contributed by atoms with Crippen LogP contribution < -0.4 is 16.4 Å². The molecule has 3 saturated heterocycles. The molecule has 5 heterocycles. The highest BCUT2D eigenvalue weighted by Crippen LogP contribution is 2.51. The predicted molar refractivity (Wildman–Crippen MR) is 141 cm³/mol. The van der Waals surface area contributed by atoms with Crippen LogP contribution in [-0.4, -0.2) is 122 Å². The van der Waals surface area contributed by atoms with E-state index in [1.165, 1.54) is 27.7 Å². The molecule has 4 aliphatic rings. The molecule has 3 amide bonds. The zero-order valence-electron chi connectivity index (χ0n) is 22.6. The van der Waals surface area contributed by atoms with Gasteiger partial charge in [0.15, 0.2) is 0 Å². The zero-order chi connectivity index (χ0) is 28.7.